The number of nitrogens with two attached hydrogens (primary N) is 1. The monoisotopic (exact) mass is 440 g/mol. The van der Waals surface area contributed by atoms with Crippen molar-refractivity contribution >= 4 is 11.6 Å². The lowest BCUT2D eigenvalue weighted by Crippen LogP contribution is -2.44. The van der Waals surface area contributed by atoms with E-state index in [9.17, 15) is 18.8 Å². The predicted molar refractivity (Wildman–Crippen MR) is 120 cm³/mol. The van der Waals surface area contributed by atoms with Gasteiger partial charge in [0.25, 0.3) is 5.56 Å². The molecular formula is C23H25FN4O4. The van der Waals surface area contributed by atoms with Crippen LogP contribution in [-0.4, -0.2) is 46.6 Å². The Hall–Kier alpha value is -3.72. The van der Waals surface area contributed by atoms with Gasteiger partial charge >= 0.3 is 5.69 Å². The van der Waals surface area contributed by atoms with E-state index in [0.717, 1.165) is 10.1 Å². The summed E-state index contributed by atoms with van der Waals surface area (Å²) in [7, 11) is 2.98. The number of halogens is 1. The summed E-state index contributed by atoms with van der Waals surface area (Å²) in [5.41, 5.74) is 5.35. The first-order chi connectivity index (χ1) is 15.3. The van der Waals surface area contributed by atoms with E-state index in [1.54, 1.807) is 24.1 Å². The minimum absolute atomic E-state index is 0.121. The average molecular weight is 440 g/mol. The lowest BCUT2D eigenvalue weighted by atomic mass is 10.1. The number of nitrogens with zero attached hydrogens (tertiary/aromatic N) is 3. The summed E-state index contributed by atoms with van der Waals surface area (Å²) in [4.78, 5) is 39.8. The average Bonchev–Trinajstić information content (AvgIpc) is 2.77. The fourth-order valence-corrected chi connectivity index (χ4v) is 3.24. The van der Waals surface area contributed by atoms with E-state index < -0.39 is 22.8 Å². The maximum atomic E-state index is 13.6. The number of carbonyl (C=O) groups excluding carboxylic acids is 1. The van der Waals surface area contributed by atoms with Crippen LogP contribution < -0.4 is 21.7 Å². The summed E-state index contributed by atoms with van der Waals surface area (Å²) < 4.78 is 21.1. The highest BCUT2D eigenvalue weighted by molar-refractivity contribution is 6.01. The van der Waals surface area contributed by atoms with Crippen molar-refractivity contribution < 1.29 is 13.9 Å². The van der Waals surface area contributed by atoms with E-state index in [4.69, 9.17) is 10.5 Å². The number of ether oxygens (including phenoxy) is 1. The first-order valence-corrected chi connectivity index (χ1v) is 10.0. The first kappa shape index (κ1) is 23.0. The standard InChI is InChI=1S/C23H25FN4O4/c1-26(12-13-32-19-11-7-6-10-17(19)24)15-18(29)20-21(25)28(23(31)27(2)22(20)30)14-16-8-4-3-5-9-16/h3-11H,12-15,25H2,1-2H3. The molecule has 0 spiro atoms. The summed E-state index contributed by atoms with van der Waals surface area (Å²) in [5, 5.41) is 0. The Morgan fingerprint density at radius 3 is 2.44 bits per heavy atom. The van der Waals surface area contributed by atoms with Crippen molar-refractivity contribution in [2.45, 2.75) is 6.54 Å². The molecule has 0 amide bonds. The van der Waals surface area contributed by atoms with Crippen LogP contribution in [0.5, 0.6) is 5.75 Å². The molecule has 0 aliphatic heterocycles. The van der Waals surface area contributed by atoms with Crippen molar-refractivity contribution in [1.29, 1.82) is 0 Å². The van der Waals surface area contributed by atoms with Crippen LogP contribution in [-0.2, 0) is 13.6 Å². The smallest absolute Gasteiger partial charge is 0.332 e. The number of nitrogen functional groups attached to an aromatic ring is 1. The minimum atomic E-state index is -0.738. The molecule has 0 fully saturated rings. The van der Waals surface area contributed by atoms with Gasteiger partial charge < -0.3 is 10.5 Å². The number of ketones is 1. The van der Waals surface area contributed by atoms with Gasteiger partial charge in [0, 0.05) is 13.6 Å². The molecular weight excluding hydrogens is 415 g/mol. The predicted octanol–water partition coefficient (Wildman–Crippen LogP) is 1.51. The summed E-state index contributed by atoms with van der Waals surface area (Å²) in [5.74, 6) is -1.03. The fourth-order valence-electron chi connectivity index (χ4n) is 3.24. The van der Waals surface area contributed by atoms with Crippen LogP contribution in [0, 0.1) is 5.82 Å². The zero-order valence-electron chi connectivity index (χ0n) is 18.0. The highest BCUT2D eigenvalue weighted by Gasteiger charge is 2.22. The molecule has 0 radical (unpaired) electrons. The largest absolute Gasteiger partial charge is 0.489 e. The van der Waals surface area contributed by atoms with Gasteiger partial charge in [0.1, 0.15) is 18.0 Å². The summed E-state index contributed by atoms with van der Waals surface area (Å²) >= 11 is 0. The topological polar surface area (TPSA) is 99.6 Å². The third kappa shape index (κ3) is 5.12. The van der Waals surface area contributed by atoms with Crippen LogP contribution in [0.2, 0.25) is 0 Å². The van der Waals surface area contributed by atoms with Crippen LogP contribution >= 0.6 is 0 Å². The molecule has 32 heavy (non-hydrogen) atoms. The number of likely N-dealkylation sites (N-methyl/N-ethyl adjacent to an activating group) is 1. The number of anilines is 1. The van der Waals surface area contributed by atoms with E-state index in [1.165, 1.54) is 23.7 Å². The Balaban J connectivity index is 1.74. The van der Waals surface area contributed by atoms with Crippen molar-refractivity contribution in [3.63, 3.8) is 0 Å². The van der Waals surface area contributed by atoms with Gasteiger partial charge in [-0.3, -0.25) is 23.6 Å². The van der Waals surface area contributed by atoms with Gasteiger partial charge in [0.05, 0.1) is 13.1 Å². The van der Waals surface area contributed by atoms with E-state index in [1.807, 2.05) is 30.3 Å². The van der Waals surface area contributed by atoms with Crippen LogP contribution in [0.3, 0.4) is 0 Å². The molecule has 0 saturated carbocycles. The summed E-state index contributed by atoms with van der Waals surface area (Å²) in [6, 6.07) is 15.2. The van der Waals surface area contributed by atoms with Crippen molar-refractivity contribution in [3.8, 4) is 5.75 Å². The molecule has 9 heteroatoms. The van der Waals surface area contributed by atoms with Crippen molar-refractivity contribution in [2.75, 3.05) is 32.5 Å². The number of carbonyl (C=O) groups is 1. The SMILES string of the molecule is CN(CCOc1ccccc1F)CC(=O)c1c(N)n(Cc2ccccc2)c(=O)n(C)c1=O. The number of benzene rings is 2. The molecule has 0 bridgehead atoms. The molecule has 3 aromatic rings. The highest BCUT2D eigenvalue weighted by atomic mass is 19.1. The molecule has 2 aromatic carbocycles. The van der Waals surface area contributed by atoms with E-state index in [-0.39, 0.29) is 36.8 Å². The van der Waals surface area contributed by atoms with Gasteiger partial charge in [0.2, 0.25) is 0 Å². The molecule has 3 rings (SSSR count). The third-order valence-corrected chi connectivity index (χ3v) is 5.03. The van der Waals surface area contributed by atoms with Gasteiger partial charge in [0.15, 0.2) is 17.3 Å². The molecule has 168 valence electrons. The molecule has 1 aromatic heterocycles. The molecule has 0 aliphatic rings. The molecule has 1 heterocycles. The normalized spacial score (nSPS) is 11.0. The Bertz CT molecular complexity index is 1220. The van der Waals surface area contributed by atoms with Gasteiger partial charge in [-0.2, -0.15) is 0 Å². The van der Waals surface area contributed by atoms with E-state index in [0.29, 0.717) is 6.54 Å². The third-order valence-electron chi connectivity index (χ3n) is 5.03. The number of hydrogen-bond acceptors (Lipinski definition) is 6. The zero-order valence-corrected chi connectivity index (χ0v) is 18.0. The molecule has 8 nitrogen and oxygen atoms in total. The quantitative estimate of drug-likeness (QED) is 0.507. The Kier molecular flexibility index (Phi) is 7.21. The second-order valence-corrected chi connectivity index (χ2v) is 7.42. The number of aromatic nitrogens is 2. The maximum absolute atomic E-state index is 13.6. The van der Waals surface area contributed by atoms with Gasteiger partial charge in [-0.25, -0.2) is 9.18 Å². The maximum Gasteiger partial charge on any atom is 0.332 e. The number of rotatable bonds is 9. The number of hydrogen-bond donors (Lipinski definition) is 1. The lowest BCUT2D eigenvalue weighted by Gasteiger charge is -2.18. The second kappa shape index (κ2) is 10.1. The minimum Gasteiger partial charge on any atom is -0.489 e. The van der Waals surface area contributed by atoms with Gasteiger partial charge in [-0.15, -0.1) is 0 Å². The molecule has 0 unspecified atom stereocenters. The molecule has 0 saturated heterocycles. The second-order valence-electron chi connectivity index (χ2n) is 7.42. The Labute approximate surface area is 184 Å². The van der Waals surface area contributed by atoms with Crippen LogP contribution in [0.15, 0.2) is 64.2 Å². The molecule has 0 atom stereocenters. The van der Waals surface area contributed by atoms with Crippen LogP contribution in [0.4, 0.5) is 10.2 Å². The lowest BCUT2D eigenvalue weighted by molar-refractivity contribution is 0.0935. The summed E-state index contributed by atoms with van der Waals surface area (Å²) in [6.45, 7) is 0.464. The van der Waals surface area contributed by atoms with E-state index >= 15 is 0 Å². The molecule has 2 N–H and O–H groups in total. The van der Waals surface area contributed by atoms with Crippen molar-refractivity contribution in [3.05, 3.63) is 92.4 Å². The van der Waals surface area contributed by atoms with Crippen LogP contribution in [0.25, 0.3) is 0 Å². The van der Waals surface area contributed by atoms with Crippen LogP contribution in [0.1, 0.15) is 15.9 Å². The Morgan fingerprint density at radius 1 is 1.09 bits per heavy atom. The van der Waals surface area contributed by atoms with Gasteiger partial charge in [-0.1, -0.05) is 42.5 Å². The molecule has 0 aliphatic carbocycles. The fraction of sp³-hybridized carbons (Fsp3) is 0.261. The number of para-hydroxylation sites is 1. The van der Waals surface area contributed by atoms with Crippen molar-refractivity contribution in [2.24, 2.45) is 7.05 Å². The van der Waals surface area contributed by atoms with Gasteiger partial charge in [-0.05, 0) is 24.7 Å². The first-order valence-electron chi connectivity index (χ1n) is 10.0. The number of Topliss-reactive ketones (excluding diaryl/α,β-unsaturated/α-hetero) is 1. The highest BCUT2D eigenvalue weighted by Crippen LogP contribution is 2.15. The zero-order chi connectivity index (χ0) is 23.3. The van der Waals surface area contributed by atoms with Crippen molar-refractivity contribution in [1.82, 2.24) is 14.0 Å². The van der Waals surface area contributed by atoms with E-state index in [2.05, 4.69) is 0 Å². The summed E-state index contributed by atoms with van der Waals surface area (Å²) in [6.07, 6.45) is 0. The Morgan fingerprint density at radius 2 is 1.75 bits per heavy atom.